The molecule has 0 aromatic carbocycles. The Hall–Kier alpha value is -1.94. The van der Waals surface area contributed by atoms with Crippen molar-refractivity contribution in [3.05, 3.63) is 0 Å². The number of hydrogen-bond acceptors (Lipinski definition) is 15. The molecule has 0 aliphatic rings. The number of phosphoric ester groups is 2. The van der Waals surface area contributed by atoms with E-state index in [9.17, 15) is 43.2 Å². The predicted octanol–water partition coefficient (Wildman–Crippen LogP) is 17.4. The summed E-state index contributed by atoms with van der Waals surface area (Å²) in [7, 11) is -9.89. The van der Waals surface area contributed by atoms with Gasteiger partial charge < -0.3 is 33.8 Å². The molecule has 0 aliphatic heterocycles. The number of esters is 4. The maximum absolute atomic E-state index is 13.0. The molecule has 3 N–H and O–H groups in total. The molecule has 0 aliphatic carbocycles. The molecule has 0 bridgehead atoms. The van der Waals surface area contributed by atoms with Gasteiger partial charge in [-0.1, -0.05) is 254 Å². The van der Waals surface area contributed by atoms with Crippen molar-refractivity contribution < 1.29 is 80.2 Å². The van der Waals surface area contributed by atoms with Crippen LogP contribution < -0.4 is 0 Å². The van der Waals surface area contributed by atoms with Crippen LogP contribution in [-0.2, 0) is 65.4 Å². The topological polar surface area (TPSA) is 237 Å². The number of aliphatic hydroxyl groups is 1. The molecular weight excluding hydrogens is 1100 g/mol. The summed E-state index contributed by atoms with van der Waals surface area (Å²) in [6, 6.07) is 0. The fraction of sp³-hybridized carbons (Fsp3) is 0.938. The summed E-state index contributed by atoms with van der Waals surface area (Å²) in [5.74, 6) is 0.780. The second kappa shape index (κ2) is 54.2. The van der Waals surface area contributed by atoms with E-state index in [-0.39, 0.29) is 25.7 Å². The van der Waals surface area contributed by atoms with E-state index in [1.165, 1.54) is 103 Å². The van der Waals surface area contributed by atoms with Gasteiger partial charge in [-0.3, -0.25) is 37.3 Å². The van der Waals surface area contributed by atoms with E-state index in [0.717, 1.165) is 114 Å². The highest BCUT2D eigenvalue weighted by Crippen LogP contribution is 2.45. The van der Waals surface area contributed by atoms with Crippen LogP contribution in [0.4, 0.5) is 0 Å². The van der Waals surface area contributed by atoms with Gasteiger partial charge in [-0.15, -0.1) is 0 Å². The molecule has 0 fully saturated rings. The number of phosphoric acid groups is 2. The lowest BCUT2D eigenvalue weighted by Crippen LogP contribution is -2.30. The second-order valence-electron chi connectivity index (χ2n) is 24.6. The summed E-state index contributed by atoms with van der Waals surface area (Å²) in [6.07, 6.45) is 33.6. The molecular formula is C64H124O17P2. The van der Waals surface area contributed by atoms with Gasteiger partial charge in [0.15, 0.2) is 12.2 Å². The van der Waals surface area contributed by atoms with Crippen molar-refractivity contribution in [2.75, 3.05) is 39.6 Å². The minimum Gasteiger partial charge on any atom is -0.462 e. The van der Waals surface area contributed by atoms with Crippen molar-refractivity contribution in [1.29, 1.82) is 0 Å². The summed E-state index contributed by atoms with van der Waals surface area (Å²) >= 11 is 0. The van der Waals surface area contributed by atoms with Crippen LogP contribution in [0.3, 0.4) is 0 Å². The Labute approximate surface area is 505 Å². The molecule has 0 aromatic heterocycles. The molecule has 0 heterocycles. The van der Waals surface area contributed by atoms with E-state index in [4.69, 9.17) is 37.0 Å². The third kappa shape index (κ3) is 56.3. The van der Waals surface area contributed by atoms with Gasteiger partial charge in [0.1, 0.15) is 19.3 Å². The Morgan fingerprint density at radius 3 is 0.855 bits per heavy atom. The average Bonchev–Trinajstić information content (AvgIpc) is 3.46. The monoisotopic (exact) mass is 1230 g/mol. The Morgan fingerprint density at radius 2 is 0.578 bits per heavy atom. The summed E-state index contributed by atoms with van der Waals surface area (Å²) in [5, 5.41) is 10.5. The molecule has 492 valence electrons. The normalized spacial score (nSPS) is 15.1. The highest BCUT2D eigenvalue weighted by molar-refractivity contribution is 7.47. The van der Waals surface area contributed by atoms with Gasteiger partial charge in [-0.25, -0.2) is 9.13 Å². The molecule has 17 nitrogen and oxygen atoms in total. The molecule has 19 heteroatoms. The van der Waals surface area contributed by atoms with Crippen molar-refractivity contribution in [3.8, 4) is 0 Å². The van der Waals surface area contributed by atoms with Crippen LogP contribution in [0.5, 0.6) is 0 Å². The van der Waals surface area contributed by atoms with E-state index in [2.05, 4.69) is 55.4 Å². The van der Waals surface area contributed by atoms with E-state index in [1.807, 2.05) is 0 Å². The number of rotatable bonds is 61. The average molecular weight is 1230 g/mol. The summed E-state index contributed by atoms with van der Waals surface area (Å²) in [5.41, 5.74) is 0. The molecule has 83 heavy (non-hydrogen) atoms. The largest absolute Gasteiger partial charge is 0.472 e. The van der Waals surface area contributed by atoms with Crippen LogP contribution in [0, 0.1) is 23.7 Å². The van der Waals surface area contributed by atoms with Crippen LogP contribution in [0.1, 0.15) is 306 Å². The molecule has 0 saturated carbocycles. The van der Waals surface area contributed by atoms with Gasteiger partial charge in [0.2, 0.25) is 0 Å². The Bertz CT molecular complexity index is 1670. The molecule has 4 unspecified atom stereocenters. The van der Waals surface area contributed by atoms with Crippen LogP contribution in [0.2, 0.25) is 0 Å². The molecule has 0 radical (unpaired) electrons. The number of hydrogen-bond donors (Lipinski definition) is 3. The van der Waals surface area contributed by atoms with Gasteiger partial charge in [0.05, 0.1) is 26.4 Å². The first-order chi connectivity index (χ1) is 39.7. The van der Waals surface area contributed by atoms with Crippen molar-refractivity contribution in [2.45, 2.75) is 324 Å². The van der Waals surface area contributed by atoms with E-state index < -0.39 is 97.5 Å². The fourth-order valence-electron chi connectivity index (χ4n) is 9.36. The minimum atomic E-state index is -4.95. The first kappa shape index (κ1) is 81.1. The summed E-state index contributed by atoms with van der Waals surface area (Å²) in [4.78, 5) is 72.2. The zero-order valence-electron chi connectivity index (χ0n) is 53.8. The number of carbonyl (C=O) groups excluding carboxylic acids is 4. The molecule has 0 spiro atoms. The second-order valence-corrected chi connectivity index (χ2v) is 27.5. The van der Waals surface area contributed by atoms with E-state index >= 15 is 0 Å². The Morgan fingerprint density at radius 1 is 0.337 bits per heavy atom. The number of ether oxygens (including phenoxy) is 4. The van der Waals surface area contributed by atoms with Crippen LogP contribution in [-0.4, -0.2) is 96.7 Å². The zero-order valence-corrected chi connectivity index (χ0v) is 55.6. The number of carbonyl (C=O) groups is 4. The Kier molecular flexibility index (Phi) is 53.0. The predicted molar refractivity (Wildman–Crippen MR) is 331 cm³/mol. The summed E-state index contributed by atoms with van der Waals surface area (Å²) in [6.45, 7) is 13.9. The standard InChI is InChI=1S/C64H124O17P2/c1-9-56(7)42-34-26-18-12-14-20-30-38-46-63(68)80-60(51-75-62(67)45-37-29-23-22-27-35-43-57(8)10-2)53-79-83(72,73)77-49-58(65)48-76-82(70,71)78-52-59(81-64(69)47-39-31-21-15-17-25-33-41-55(5)6)50-74-61(66)44-36-28-19-13-11-16-24-32-40-54(3)4/h54-60,65H,9-53H2,1-8H3,(H,70,71)(H,72,73)/t56?,57?,58-,59-,60-/m1/s1. The quantitative estimate of drug-likeness (QED) is 0.0222. The van der Waals surface area contributed by atoms with Crippen LogP contribution >= 0.6 is 15.6 Å². The molecule has 0 aromatic rings. The third-order valence-corrected chi connectivity index (χ3v) is 17.2. The molecule has 0 rings (SSSR count). The zero-order chi connectivity index (χ0) is 61.8. The highest BCUT2D eigenvalue weighted by atomic mass is 31.2. The maximum atomic E-state index is 13.0. The lowest BCUT2D eigenvalue weighted by atomic mass is 9.99. The first-order valence-electron chi connectivity index (χ1n) is 33.3. The van der Waals surface area contributed by atoms with Gasteiger partial charge in [-0.2, -0.15) is 0 Å². The van der Waals surface area contributed by atoms with Gasteiger partial charge in [0, 0.05) is 25.7 Å². The van der Waals surface area contributed by atoms with Crippen molar-refractivity contribution in [2.24, 2.45) is 23.7 Å². The fourth-order valence-corrected chi connectivity index (χ4v) is 10.9. The Balaban J connectivity index is 5.27. The minimum absolute atomic E-state index is 0.102. The summed E-state index contributed by atoms with van der Waals surface area (Å²) < 4.78 is 68.0. The van der Waals surface area contributed by atoms with Gasteiger partial charge >= 0.3 is 39.5 Å². The van der Waals surface area contributed by atoms with Crippen molar-refractivity contribution in [1.82, 2.24) is 0 Å². The lowest BCUT2D eigenvalue weighted by Gasteiger charge is -2.21. The van der Waals surface area contributed by atoms with Crippen molar-refractivity contribution >= 4 is 39.5 Å². The van der Waals surface area contributed by atoms with E-state index in [1.54, 1.807) is 0 Å². The van der Waals surface area contributed by atoms with Crippen LogP contribution in [0.25, 0.3) is 0 Å². The van der Waals surface area contributed by atoms with Gasteiger partial charge in [0.25, 0.3) is 0 Å². The first-order valence-corrected chi connectivity index (χ1v) is 36.3. The van der Waals surface area contributed by atoms with Gasteiger partial charge in [-0.05, 0) is 49.4 Å². The van der Waals surface area contributed by atoms with Crippen LogP contribution in [0.15, 0.2) is 0 Å². The van der Waals surface area contributed by atoms with E-state index in [0.29, 0.717) is 31.6 Å². The third-order valence-electron chi connectivity index (χ3n) is 15.3. The molecule has 7 atom stereocenters. The lowest BCUT2D eigenvalue weighted by molar-refractivity contribution is -0.161. The van der Waals surface area contributed by atoms with Crippen molar-refractivity contribution in [3.63, 3.8) is 0 Å². The number of aliphatic hydroxyl groups excluding tert-OH is 1. The molecule has 0 amide bonds. The molecule has 0 saturated heterocycles. The smallest absolute Gasteiger partial charge is 0.462 e. The maximum Gasteiger partial charge on any atom is 0.472 e. The highest BCUT2D eigenvalue weighted by Gasteiger charge is 2.30. The SMILES string of the molecule is CCC(C)CCCCCCCCCCC(=O)O[C@H](COC(=O)CCCCCCCCC(C)CC)COP(=O)(O)OC[C@H](O)COP(=O)(O)OC[C@@H](COC(=O)CCCCCCCCCCC(C)C)OC(=O)CCCCCCCCCC(C)C. The number of unbranched alkanes of at least 4 members (excludes halogenated alkanes) is 25.